The van der Waals surface area contributed by atoms with Gasteiger partial charge >= 0.3 is 0 Å². The van der Waals surface area contributed by atoms with Crippen LogP contribution in [0.2, 0.25) is 5.02 Å². The van der Waals surface area contributed by atoms with Gasteiger partial charge in [0.25, 0.3) is 0 Å². The minimum Gasteiger partial charge on any atom is -0.377 e. The molecule has 0 amide bonds. The first-order valence-corrected chi connectivity index (χ1v) is 5.53. The van der Waals surface area contributed by atoms with E-state index in [0.717, 1.165) is 22.0 Å². The number of hydrogen-bond acceptors (Lipinski definition) is 1. The first kappa shape index (κ1) is 15.0. The zero-order chi connectivity index (χ0) is 11.7. The van der Waals surface area contributed by atoms with Crippen molar-refractivity contribution in [2.45, 2.75) is 0 Å². The van der Waals surface area contributed by atoms with Crippen molar-refractivity contribution in [3.05, 3.63) is 64.3 Å². The number of nitrogens with zero attached hydrogens (tertiary/aromatic N) is 1. The third-order valence-corrected chi connectivity index (χ3v) is 3.05. The van der Waals surface area contributed by atoms with Crippen molar-refractivity contribution < 1.29 is 32.7 Å². The maximum atomic E-state index is 5.96. The summed E-state index contributed by atoms with van der Waals surface area (Å²) in [5.41, 5.74) is 2.74. The molecule has 0 bridgehead atoms. The van der Waals surface area contributed by atoms with E-state index in [4.69, 9.17) is 23.2 Å². The van der Waals surface area contributed by atoms with Crippen LogP contribution < -0.4 is 0 Å². The Labute approximate surface area is 137 Å². The molecule has 1 nitrogen and oxygen atoms in total. The van der Waals surface area contributed by atoms with E-state index in [1.165, 1.54) is 0 Å². The van der Waals surface area contributed by atoms with Gasteiger partial charge in [-0.25, -0.2) is 0 Å². The van der Waals surface area contributed by atoms with Gasteiger partial charge in [-0.2, -0.15) is 23.8 Å². The molecule has 0 spiro atoms. The standard InChI is InChI=1S/C13H10Cl2N.Y/c1-9-12(15)7-8-13(16(9)2)10-3-5-11(14)6-4-10;/h3-7H,1H2,2H3;/q-1;. The van der Waals surface area contributed by atoms with Crippen LogP contribution in [-0.4, -0.2) is 11.9 Å². The molecule has 0 aromatic heterocycles. The third kappa shape index (κ3) is 3.23. The Kier molecular flexibility index (Phi) is 5.46. The van der Waals surface area contributed by atoms with E-state index in [1.54, 1.807) is 6.08 Å². The zero-order valence-corrected chi connectivity index (χ0v) is 13.7. The fourth-order valence-electron chi connectivity index (χ4n) is 1.49. The van der Waals surface area contributed by atoms with Crippen molar-refractivity contribution in [1.29, 1.82) is 0 Å². The summed E-state index contributed by atoms with van der Waals surface area (Å²) in [6.07, 6.45) is 4.86. The summed E-state index contributed by atoms with van der Waals surface area (Å²) in [6.45, 7) is 3.91. The second kappa shape index (κ2) is 6.20. The van der Waals surface area contributed by atoms with Gasteiger partial charge in [-0.05, 0) is 10.7 Å². The van der Waals surface area contributed by atoms with Crippen LogP contribution in [-0.2, 0) is 32.7 Å². The Hall–Kier alpha value is -0.0761. The summed E-state index contributed by atoms with van der Waals surface area (Å²) >= 11 is 11.8. The molecule has 1 aromatic rings. The van der Waals surface area contributed by atoms with Crippen LogP contribution in [0.1, 0.15) is 5.56 Å². The first-order valence-electron chi connectivity index (χ1n) is 4.77. The number of rotatable bonds is 1. The molecule has 0 saturated carbocycles. The van der Waals surface area contributed by atoms with Gasteiger partial charge in [-0.3, -0.25) is 0 Å². The predicted molar refractivity (Wildman–Crippen MR) is 68.9 cm³/mol. The molecule has 0 unspecified atom stereocenters. The second-order valence-electron chi connectivity index (χ2n) is 3.50. The molecular weight excluding hydrogens is 330 g/mol. The predicted octanol–water partition coefficient (Wildman–Crippen LogP) is 4.06. The molecule has 4 heteroatoms. The summed E-state index contributed by atoms with van der Waals surface area (Å²) in [6, 6.07) is 7.59. The van der Waals surface area contributed by atoms with Crippen molar-refractivity contribution in [1.82, 2.24) is 4.90 Å². The number of halogens is 2. The minimum atomic E-state index is 0. The Bertz CT molecular complexity index is 489. The molecule has 1 radical (unpaired) electrons. The Balaban J connectivity index is 0.00000144. The molecule has 1 aromatic carbocycles. The van der Waals surface area contributed by atoms with Gasteiger partial charge in [0.05, 0.1) is 0 Å². The summed E-state index contributed by atoms with van der Waals surface area (Å²) < 4.78 is 0. The largest absolute Gasteiger partial charge is 0.377 e. The fourth-order valence-corrected chi connectivity index (χ4v) is 1.80. The molecule has 1 heterocycles. The summed E-state index contributed by atoms with van der Waals surface area (Å²) in [5, 5.41) is 1.33. The van der Waals surface area contributed by atoms with Crippen LogP contribution in [0.25, 0.3) is 5.70 Å². The molecule has 0 aliphatic carbocycles. The molecule has 0 fully saturated rings. The molecule has 0 saturated heterocycles. The Morgan fingerprint density at radius 1 is 1.18 bits per heavy atom. The van der Waals surface area contributed by atoms with Gasteiger partial charge < -0.3 is 4.90 Å². The topological polar surface area (TPSA) is 3.24 Å². The molecule has 1 aliphatic heterocycles. The van der Waals surface area contributed by atoms with Crippen LogP contribution in [0, 0.1) is 6.08 Å². The van der Waals surface area contributed by atoms with E-state index < -0.39 is 0 Å². The van der Waals surface area contributed by atoms with Crippen LogP contribution in [0.4, 0.5) is 0 Å². The Morgan fingerprint density at radius 2 is 1.76 bits per heavy atom. The smallest absolute Gasteiger partial charge is 0.0385 e. The maximum absolute atomic E-state index is 5.96. The zero-order valence-electron chi connectivity index (χ0n) is 9.37. The van der Waals surface area contributed by atoms with E-state index in [0.29, 0.717) is 5.03 Å². The summed E-state index contributed by atoms with van der Waals surface area (Å²) in [4.78, 5) is 1.91. The first-order chi connectivity index (χ1) is 7.59. The van der Waals surface area contributed by atoms with Crippen LogP contribution >= 0.6 is 23.2 Å². The molecule has 0 N–H and O–H groups in total. The number of benzene rings is 1. The fraction of sp³-hybridized carbons (Fsp3) is 0.0769. The van der Waals surface area contributed by atoms with Crippen molar-refractivity contribution in [3.8, 4) is 0 Å². The maximum Gasteiger partial charge on any atom is 0.0385 e. The van der Waals surface area contributed by atoms with E-state index in [2.05, 4.69) is 12.7 Å². The molecule has 85 valence electrons. The van der Waals surface area contributed by atoms with Gasteiger partial charge in [0.15, 0.2) is 0 Å². The van der Waals surface area contributed by atoms with Gasteiger partial charge in [0.1, 0.15) is 0 Å². The molecular formula is C13H10Cl2NY-. The quantitative estimate of drug-likeness (QED) is 0.697. The SMILES string of the molecule is C=C1C(Cl)=C[C-]=C(c2ccc(Cl)cc2)N1C.[Y]. The molecule has 2 rings (SSSR count). The van der Waals surface area contributed by atoms with E-state index in [1.807, 2.05) is 36.2 Å². The summed E-state index contributed by atoms with van der Waals surface area (Å²) in [5.74, 6) is 0. The second-order valence-corrected chi connectivity index (χ2v) is 4.34. The van der Waals surface area contributed by atoms with Gasteiger partial charge in [-0.15, -0.1) is 12.1 Å². The Morgan fingerprint density at radius 3 is 2.35 bits per heavy atom. The number of allylic oxidation sites excluding steroid dienone is 3. The van der Waals surface area contributed by atoms with Gasteiger partial charge in [-0.1, -0.05) is 41.6 Å². The van der Waals surface area contributed by atoms with E-state index >= 15 is 0 Å². The van der Waals surface area contributed by atoms with Crippen molar-refractivity contribution in [2.75, 3.05) is 7.05 Å². The average Bonchev–Trinajstić information content (AvgIpc) is 2.28. The van der Waals surface area contributed by atoms with E-state index in [-0.39, 0.29) is 32.7 Å². The van der Waals surface area contributed by atoms with Crippen LogP contribution in [0.15, 0.2) is 47.6 Å². The monoisotopic (exact) mass is 339 g/mol. The number of hydrogen-bond donors (Lipinski definition) is 0. The van der Waals surface area contributed by atoms with Crippen LogP contribution in [0.5, 0.6) is 0 Å². The minimum absolute atomic E-state index is 0. The van der Waals surface area contributed by atoms with Crippen molar-refractivity contribution in [3.63, 3.8) is 0 Å². The van der Waals surface area contributed by atoms with Crippen molar-refractivity contribution in [2.24, 2.45) is 0 Å². The van der Waals surface area contributed by atoms with Crippen molar-refractivity contribution >= 4 is 28.9 Å². The molecule has 1 aliphatic rings. The van der Waals surface area contributed by atoms with E-state index in [9.17, 15) is 0 Å². The normalized spacial score (nSPS) is 15.0. The molecule has 17 heavy (non-hydrogen) atoms. The van der Waals surface area contributed by atoms with Crippen LogP contribution in [0.3, 0.4) is 0 Å². The van der Waals surface area contributed by atoms with Gasteiger partial charge in [0, 0.05) is 44.8 Å². The average molecular weight is 340 g/mol. The summed E-state index contributed by atoms with van der Waals surface area (Å²) in [7, 11) is 1.91. The van der Waals surface area contributed by atoms with Gasteiger partial charge in [0.2, 0.25) is 0 Å². The number of likely N-dealkylation sites (N-methyl/N-ethyl adjacent to an activating group) is 1. The third-order valence-electron chi connectivity index (χ3n) is 2.47. The molecule has 0 atom stereocenters.